The molecule has 2 aromatic rings. The van der Waals surface area contributed by atoms with Gasteiger partial charge in [-0.2, -0.15) is 0 Å². The lowest BCUT2D eigenvalue weighted by molar-refractivity contribution is 0.333. The molecule has 0 saturated carbocycles. The highest BCUT2D eigenvalue weighted by atomic mass is 79.9. The highest BCUT2D eigenvalue weighted by Crippen LogP contribution is 2.23. The Morgan fingerprint density at radius 1 is 1.05 bits per heavy atom. The Morgan fingerprint density at radius 2 is 1.75 bits per heavy atom. The van der Waals surface area contributed by atoms with Crippen molar-refractivity contribution in [1.29, 1.82) is 0 Å². The van der Waals surface area contributed by atoms with Crippen LogP contribution in [0.3, 0.4) is 0 Å². The predicted octanol–water partition coefficient (Wildman–Crippen LogP) is 4.01. The SMILES string of the molecule is CN(C)c1ccccc1NCCOc1ccc(Br)cc1. The first kappa shape index (κ1) is 14.7. The van der Waals surface area contributed by atoms with Crippen LogP contribution in [0.5, 0.6) is 5.75 Å². The molecule has 0 aromatic heterocycles. The molecule has 0 aliphatic heterocycles. The van der Waals surface area contributed by atoms with Gasteiger partial charge in [-0.3, -0.25) is 0 Å². The average molecular weight is 335 g/mol. The van der Waals surface area contributed by atoms with Gasteiger partial charge in [0, 0.05) is 25.1 Å². The summed E-state index contributed by atoms with van der Waals surface area (Å²) in [4.78, 5) is 2.10. The van der Waals surface area contributed by atoms with Crippen LogP contribution in [-0.4, -0.2) is 27.2 Å². The van der Waals surface area contributed by atoms with Crippen molar-refractivity contribution in [3.8, 4) is 5.75 Å². The summed E-state index contributed by atoms with van der Waals surface area (Å²) in [5.41, 5.74) is 2.30. The lowest BCUT2D eigenvalue weighted by Gasteiger charge is -2.18. The van der Waals surface area contributed by atoms with E-state index in [0.717, 1.165) is 22.5 Å². The summed E-state index contributed by atoms with van der Waals surface area (Å²) in [5, 5.41) is 3.40. The molecular formula is C16H19BrN2O. The lowest BCUT2D eigenvalue weighted by Crippen LogP contribution is -2.15. The van der Waals surface area contributed by atoms with Gasteiger partial charge in [-0.05, 0) is 36.4 Å². The van der Waals surface area contributed by atoms with Gasteiger partial charge < -0.3 is 15.0 Å². The van der Waals surface area contributed by atoms with Crippen LogP contribution in [0.2, 0.25) is 0 Å². The third-order valence-corrected chi connectivity index (χ3v) is 3.41. The van der Waals surface area contributed by atoms with Gasteiger partial charge in [-0.25, -0.2) is 0 Å². The number of nitrogens with zero attached hydrogens (tertiary/aromatic N) is 1. The highest BCUT2D eigenvalue weighted by Gasteiger charge is 2.02. The van der Waals surface area contributed by atoms with Gasteiger partial charge in [0.25, 0.3) is 0 Å². The number of hydrogen-bond donors (Lipinski definition) is 1. The fourth-order valence-electron chi connectivity index (χ4n) is 1.90. The van der Waals surface area contributed by atoms with Crippen molar-refractivity contribution < 1.29 is 4.74 Å². The molecule has 2 rings (SSSR count). The first-order valence-corrected chi connectivity index (χ1v) is 7.35. The quantitative estimate of drug-likeness (QED) is 0.808. The van der Waals surface area contributed by atoms with E-state index in [9.17, 15) is 0 Å². The van der Waals surface area contributed by atoms with Crippen LogP contribution in [0.1, 0.15) is 0 Å². The largest absolute Gasteiger partial charge is 0.492 e. The van der Waals surface area contributed by atoms with Crippen LogP contribution in [0.4, 0.5) is 11.4 Å². The first-order valence-electron chi connectivity index (χ1n) is 6.55. The summed E-state index contributed by atoms with van der Waals surface area (Å²) >= 11 is 3.41. The smallest absolute Gasteiger partial charge is 0.119 e. The van der Waals surface area contributed by atoms with Gasteiger partial charge in [0.2, 0.25) is 0 Å². The topological polar surface area (TPSA) is 24.5 Å². The maximum Gasteiger partial charge on any atom is 0.119 e. The summed E-state index contributed by atoms with van der Waals surface area (Å²) < 4.78 is 6.74. The molecule has 2 aromatic carbocycles. The van der Waals surface area contributed by atoms with Crippen molar-refractivity contribution in [3.63, 3.8) is 0 Å². The minimum Gasteiger partial charge on any atom is -0.492 e. The molecule has 0 unspecified atom stereocenters. The molecule has 0 fully saturated rings. The van der Waals surface area contributed by atoms with E-state index in [4.69, 9.17) is 4.74 Å². The Morgan fingerprint density at radius 3 is 2.45 bits per heavy atom. The van der Waals surface area contributed by atoms with E-state index in [1.807, 2.05) is 50.5 Å². The molecule has 20 heavy (non-hydrogen) atoms. The standard InChI is InChI=1S/C16H19BrN2O/c1-19(2)16-6-4-3-5-15(16)18-11-12-20-14-9-7-13(17)8-10-14/h3-10,18H,11-12H2,1-2H3. The number of nitrogens with one attached hydrogen (secondary N) is 1. The third kappa shape index (κ3) is 4.17. The van der Waals surface area contributed by atoms with Gasteiger partial charge in [-0.1, -0.05) is 28.1 Å². The van der Waals surface area contributed by atoms with Gasteiger partial charge >= 0.3 is 0 Å². The molecule has 0 spiro atoms. The molecule has 0 atom stereocenters. The molecule has 0 heterocycles. The minimum atomic E-state index is 0.628. The van der Waals surface area contributed by atoms with Gasteiger partial charge in [0.15, 0.2) is 0 Å². The Hall–Kier alpha value is -1.68. The van der Waals surface area contributed by atoms with Crippen molar-refractivity contribution in [1.82, 2.24) is 0 Å². The maximum absolute atomic E-state index is 5.69. The normalized spacial score (nSPS) is 10.2. The Labute approximate surface area is 128 Å². The van der Waals surface area contributed by atoms with Crippen molar-refractivity contribution >= 4 is 27.3 Å². The van der Waals surface area contributed by atoms with Gasteiger partial charge in [-0.15, -0.1) is 0 Å². The van der Waals surface area contributed by atoms with E-state index in [1.165, 1.54) is 5.69 Å². The highest BCUT2D eigenvalue weighted by molar-refractivity contribution is 9.10. The molecule has 3 nitrogen and oxygen atoms in total. The number of ether oxygens (including phenoxy) is 1. The zero-order valence-corrected chi connectivity index (χ0v) is 13.4. The molecule has 0 radical (unpaired) electrons. The van der Waals surface area contributed by atoms with Crippen molar-refractivity contribution in [3.05, 3.63) is 53.0 Å². The van der Waals surface area contributed by atoms with Crippen LogP contribution >= 0.6 is 15.9 Å². The number of para-hydroxylation sites is 2. The number of hydrogen-bond acceptors (Lipinski definition) is 3. The van der Waals surface area contributed by atoms with E-state index in [2.05, 4.69) is 38.3 Å². The zero-order chi connectivity index (χ0) is 14.4. The number of benzene rings is 2. The number of rotatable bonds is 6. The maximum atomic E-state index is 5.69. The Bertz CT molecular complexity index is 540. The third-order valence-electron chi connectivity index (χ3n) is 2.89. The summed E-state index contributed by atoms with van der Waals surface area (Å²) in [6.07, 6.45) is 0. The fourth-order valence-corrected chi connectivity index (χ4v) is 2.16. The number of halogens is 1. The summed E-state index contributed by atoms with van der Waals surface area (Å²) in [5.74, 6) is 0.885. The Kier molecular flexibility index (Phi) is 5.30. The van der Waals surface area contributed by atoms with Crippen LogP contribution in [0.25, 0.3) is 0 Å². The Balaban J connectivity index is 1.83. The van der Waals surface area contributed by atoms with Gasteiger partial charge in [0.05, 0.1) is 11.4 Å². The van der Waals surface area contributed by atoms with Crippen molar-refractivity contribution in [2.75, 3.05) is 37.5 Å². The molecule has 4 heteroatoms. The second-order valence-electron chi connectivity index (χ2n) is 4.64. The van der Waals surface area contributed by atoms with E-state index >= 15 is 0 Å². The number of anilines is 2. The molecular weight excluding hydrogens is 316 g/mol. The van der Waals surface area contributed by atoms with Crippen LogP contribution in [-0.2, 0) is 0 Å². The van der Waals surface area contributed by atoms with E-state index in [1.54, 1.807) is 0 Å². The molecule has 0 amide bonds. The van der Waals surface area contributed by atoms with Crippen molar-refractivity contribution in [2.45, 2.75) is 0 Å². The summed E-state index contributed by atoms with van der Waals surface area (Å²) in [6, 6.07) is 16.1. The van der Waals surface area contributed by atoms with Gasteiger partial charge in [0.1, 0.15) is 12.4 Å². The lowest BCUT2D eigenvalue weighted by atomic mass is 10.2. The van der Waals surface area contributed by atoms with E-state index < -0.39 is 0 Å². The predicted molar refractivity (Wildman–Crippen MR) is 88.9 cm³/mol. The summed E-state index contributed by atoms with van der Waals surface area (Å²) in [6.45, 7) is 1.39. The van der Waals surface area contributed by atoms with Crippen molar-refractivity contribution in [2.24, 2.45) is 0 Å². The van der Waals surface area contributed by atoms with Crippen LogP contribution in [0.15, 0.2) is 53.0 Å². The molecule has 106 valence electrons. The molecule has 0 aliphatic carbocycles. The molecule has 1 N–H and O–H groups in total. The summed E-state index contributed by atoms with van der Waals surface area (Å²) in [7, 11) is 4.08. The molecule has 0 bridgehead atoms. The minimum absolute atomic E-state index is 0.628. The molecule has 0 saturated heterocycles. The van der Waals surface area contributed by atoms with Crippen LogP contribution in [0, 0.1) is 0 Å². The monoisotopic (exact) mass is 334 g/mol. The van der Waals surface area contributed by atoms with Crippen LogP contribution < -0.4 is 15.0 Å². The zero-order valence-electron chi connectivity index (χ0n) is 11.8. The van der Waals surface area contributed by atoms with E-state index in [0.29, 0.717) is 6.61 Å². The second-order valence-corrected chi connectivity index (χ2v) is 5.56. The first-order chi connectivity index (χ1) is 9.66. The fraction of sp³-hybridized carbons (Fsp3) is 0.250. The average Bonchev–Trinajstić information content (AvgIpc) is 2.46. The molecule has 0 aliphatic rings. The van der Waals surface area contributed by atoms with E-state index in [-0.39, 0.29) is 0 Å². The second kappa shape index (κ2) is 7.20.